The number of likely N-dealkylation sites (tertiary alicyclic amines) is 2. The van der Waals surface area contributed by atoms with Crippen molar-refractivity contribution in [2.24, 2.45) is 47.2 Å². The summed E-state index contributed by atoms with van der Waals surface area (Å²) >= 11 is 4.42. The molecule has 4 saturated heterocycles. The van der Waals surface area contributed by atoms with Crippen LogP contribution in [0.5, 0.6) is 0 Å². The second-order valence-electron chi connectivity index (χ2n) is 29.7. The monoisotopic (exact) mass is 1510 g/mol. The molecule has 0 aromatic heterocycles. The van der Waals surface area contributed by atoms with Crippen molar-refractivity contribution in [2.75, 3.05) is 26.2 Å². The van der Waals surface area contributed by atoms with Crippen molar-refractivity contribution in [1.82, 2.24) is 24.9 Å². The molecule has 105 heavy (non-hydrogen) atoms. The number of benzene rings is 4. The number of Topliss-reactive ketones (excluding diaryl/α,β-unsaturated/α-hetero) is 3. The molecule has 4 aromatic carbocycles. The number of nitrogens with zero attached hydrogens (tertiary/aromatic N) is 3. The fourth-order valence-corrected chi connectivity index (χ4v) is 15.2. The normalized spacial score (nSPS) is 26.8. The molecule has 8 bridgehead atoms. The van der Waals surface area contributed by atoms with E-state index >= 15 is 0 Å². The van der Waals surface area contributed by atoms with Crippen LogP contribution in [0.25, 0.3) is 0 Å². The van der Waals surface area contributed by atoms with Gasteiger partial charge in [-0.25, -0.2) is 9.21 Å². The topological polar surface area (TPSA) is 293 Å². The molecular weight excluding hydrogens is 1400 g/mol. The molecule has 0 radical (unpaired) electrons. The molecule has 3 saturated carbocycles. The number of aliphatic hydroxyl groups is 2. The Kier molecular flexibility index (Phi) is 38.0. The Bertz CT molecular complexity index is 3480. The fraction of sp³-hybridized carbons (Fsp3) is 0.530. The van der Waals surface area contributed by atoms with E-state index < -0.39 is 32.5 Å². The summed E-state index contributed by atoms with van der Waals surface area (Å²) in [4.78, 5) is 83.0. The maximum absolute atomic E-state index is 11.9. The van der Waals surface area contributed by atoms with Gasteiger partial charge in [0.25, 0.3) is 0 Å². The number of rotatable bonds is 11. The zero-order valence-electron chi connectivity index (χ0n) is 60.6. The van der Waals surface area contributed by atoms with Crippen molar-refractivity contribution in [2.45, 2.75) is 212 Å². The van der Waals surface area contributed by atoms with E-state index in [1.165, 1.54) is 23.1 Å². The standard InChI is InChI=1S/C14H17NO2.C14H17NO.C14H19NO.C12H19NO3.C7H10ClNO.C7H9N.C7H8O2.C7H10O2.CH4.Mn.2O/c16-13-8-4-7-12(9-13)14(17)15-10-11-5-2-1-3-6-11;16-14-7-12-6-13(8-14)15(10-12)9-11-4-2-1-3-5-11;16-14-8-4-7-13(9-14)11-15-10-12-5-2-1-3-6-12;1-12(2,3)16-11(15)13-7-8-4-9(13)6-10(14)5-8;8-9-4-5-1-6(9)3-7(10)2-5;8-6-7-4-2-1-3-5-7;8-7-5-2-1-3-6(4-5)9-7;8-7(9)6-4-2-1-3-5-6;;;;/h1-6,8,12-13,16H,7,9-10H2,(H,15,17);1-5,12-13H,6-10H2;1-6,8,13-16H,7,9-11H2;8-9H,4-7H2,1-3H3;5-6H,1-4H2;1-5H,6,8H2;1,3,5-6H,2,4H2;1-2,6H,3-5H2,(H,8,9);1H4;;;. The number of carbonyl (C=O) groups excluding carboxylic acids is 6. The average molecular weight is 1510 g/mol. The number of fused-ring (bicyclic) bond motifs is 8. The molecule has 22 heteroatoms. The van der Waals surface area contributed by atoms with Crippen molar-refractivity contribution in [3.8, 4) is 0 Å². The molecule has 11 aliphatic rings. The van der Waals surface area contributed by atoms with Crippen LogP contribution in [0.1, 0.15) is 166 Å². The SMILES string of the molecule is C.CC(C)(C)OC(=O)N1CC2CC(=O)CC1C2.NCc1ccccc1.O=C(NCc1ccccc1)C1CC=CC(O)C1.O=C(O)C1CC=CCC1.O=C1CC2CC(C1)N(Cc1ccccc1)C2.O=C1CC2CC(C1)N(Cl)C2.O=C1OC2C=CCC1C2.OC1C=CCC(CNCc2ccccc2)C1.[O]=[Mn]=[O]. The van der Waals surface area contributed by atoms with Crippen LogP contribution in [0.15, 0.2) is 170 Å². The van der Waals surface area contributed by atoms with Gasteiger partial charge in [0.05, 0.1) is 24.0 Å². The van der Waals surface area contributed by atoms with E-state index in [0.29, 0.717) is 92.6 Å². The number of allylic oxidation sites excluding steroid dienone is 5. The summed E-state index contributed by atoms with van der Waals surface area (Å²) in [6.07, 6.45) is 29.7. The number of carboxylic acid groups (broad SMARTS) is 1. The molecule has 2 amide bonds. The Labute approximate surface area is 632 Å². The molecule has 7 aliphatic carbocycles. The third kappa shape index (κ3) is 32.0. The number of aliphatic carboxylic acids is 1. The number of hydrogen-bond acceptors (Lipinski definition) is 17. The number of carboxylic acids is 1. The molecule has 0 spiro atoms. The minimum absolute atomic E-state index is 0. The zero-order chi connectivity index (χ0) is 74.8. The van der Waals surface area contributed by atoms with Crippen LogP contribution in [-0.4, -0.2) is 139 Å². The van der Waals surface area contributed by atoms with E-state index in [-0.39, 0.29) is 67.2 Å². The average Bonchev–Trinajstić information content (AvgIpc) is 1.67. The Hall–Kier alpha value is -7.30. The van der Waals surface area contributed by atoms with Gasteiger partial charge < -0.3 is 46.1 Å². The summed E-state index contributed by atoms with van der Waals surface area (Å²) in [6.45, 7) is 12.4. The number of esters is 1. The van der Waals surface area contributed by atoms with Gasteiger partial charge in [-0.05, 0) is 162 Å². The van der Waals surface area contributed by atoms with Gasteiger partial charge in [-0.3, -0.25) is 33.7 Å². The zero-order valence-corrected chi connectivity index (χ0v) is 62.5. The van der Waals surface area contributed by atoms with Crippen LogP contribution in [-0.2, 0) is 86.9 Å². The van der Waals surface area contributed by atoms with Crippen LogP contribution in [0.2, 0.25) is 0 Å². The van der Waals surface area contributed by atoms with E-state index in [1.807, 2.05) is 124 Å². The molecular formula is C83H113ClMnN6O14. The Morgan fingerprint density at radius 1 is 0.590 bits per heavy atom. The second-order valence-corrected chi connectivity index (χ2v) is 30.3. The first-order valence-corrected chi connectivity index (χ1v) is 38.2. The van der Waals surface area contributed by atoms with Gasteiger partial charge >= 0.3 is 40.5 Å². The van der Waals surface area contributed by atoms with E-state index in [2.05, 4.69) is 76.2 Å². The third-order valence-electron chi connectivity index (χ3n) is 19.9. The number of hydrogen-bond donors (Lipinski definition) is 6. The van der Waals surface area contributed by atoms with Gasteiger partial charge in [-0.15, -0.1) is 0 Å². The molecule has 4 heterocycles. The Balaban J connectivity index is 0.000000189. The Morgan fingerprint density at radius 3 is 1.61 bits per heavy atom. The molecule has 4 aliphatic heterocycles. The molecule has 7 fully saturated rings. The number of halogens is 1. The maximum atomic E-state index is 11.9. The number of amides is 2. The van der Waals surface area contributed by atoms with Crippen LogP contribution in [0.4, 0.5) is 4.79 Å². The van der Waals surface area contributed by atoms with Crippen LogP contribution in [0.3, 0.4) is 0 Å². The number of ketones is 3. The summed E-state index contributed by atoms with van der Waals surface area (Å²) < 4.78 is 28.9. The predicted molar refractivity (Wildman–Crippen MR) is 401 cm³/mol. The van der Waals surface area contributed by atoms with E-state index in [9.17, 15) is 43.8 Å². The van der Waals surface area contributed by atoms with Gasteiger partial charge in [0.15, 0.2) is 0 Å². The van der Waals surface area contributed by atoms with Crippen molar-refractivity contribution < 1.29 is 80.8 Å². The predicted octanol–water partition coefficient (Wildman–Crippen LogP) is 13.0. The molecule has 7 N–H and O–H groups in total. The molecule has 15 rings (SSSR count). The van der Waals surface area contributed by atoms with Gasteiger partial charge in [0, 0.05) is 115 Å². The molecule has 573 valence electrons. The van der Waals surface area contributed by atoms with Crippen molar-refractivity contribution in [3.63, 3.8) is 0 Å². The summed E-state index contributed by atoms with van der Waals surface area (Å²) in [5.41, 5.74) is 9.84. The van der Waals surface area contributed by atoms with Gasteiger partial charge in [0.1, 0.15) is 29.1 Å². The van der Waals surface area contributed by atoms with Crippen molar-refractivity contribution in [3.05, 3.63) is 192 Å². The Morgan fingerprint density at radius 2 is 1.10 bits per heavy atom. The number of aliphatic hydroxyl groups excluding tert-OH is 2. The second kappa shape index (κ2) is 46.0. The molecule has 4 aromatic rings. The first-order valence-electron chi connectivity index (χ1n) is 36.9. The van der Waals surface area contributed by atoms with Crippen LogP contribution >= 0.6 is 11.8 Å². The number of carbonyl (C=O) groups is 7. The fourth-order valence-electron chi connectivity index (χ4n) is 14.8. The van der Waals surface area contributed by atoms with Crippen molar-refractivity contribution in [1.29, 1.82) is 0 Å². The van der Waals surface area contributed by atoms with Crippen LogP contribution < -0.4 is 16.4 Å². The van der Waals surface area contributed by atoms with Crippen LogP contribution in [0, 0.1) is 41.4 Å². The van der Waals surface area contributed by atoms with E-state index in [0.717, 1.165) is 122 Å². The molecule has 13 unspecified atom stereocenters. The summed E-state index contributed by atoms with van der Waals surface area (Å²) in [5, 5.41) is 33.8. The number of ether oxygens (including phenoxy) is 2. The number of nitrogens with one attached hydrogen (secondary N) is 2. The summed E-state index contributed by atoms with van der Waals surface area (Å²) in [7, 11) is 0. The minimum atomic E-state index is -1.44. The summed E-state index contributed by atoms with van der Waals surface area (Å²) in [5.74, 6) is 2.60. The quantitative estimate of drug-likeness (QED) is 0.0352. The van der Waals surface area contributed by atoms with E-state index in [4.69, 9.17) is 39.8 Å². The molecule has 20 nitrogen and oxygen atoms in total. The van der Waals surface area contributed by atoms with Gasteiger partial charge in [-0.2, -0.15) is 0 Å². The van der Waals surface area contributed by atoms with E-state index in [1.54, 1.807) is 15.4 Å². The number of nitrogens with two attached hydrogens (primary N) is 1. The first-order chi connectivity index (χ1) is 50.0. The third-order valence-corrected chi connectivity index (χ3v) is 20.3. The first kappa shape index (κ1) is 86.6. The summed E-state index contributed by atoms with van der Waals surface area (Å²) in [6, 6.07) is 41.7. The van der Waals surface area contributed by atoms with Crippen molar-refractivity contribution >= 4 is 53.1 Å². The van der Waals surface area contributed by atoms with Gasteiger partial charge in [-0.1, -0.05) is 171 Å². The molecule has 13 atom stereocenters. The van der Waals surface area contributed by atoms with Gasteiger partial charge in [0.2, 0.25) is 5.91 Å².